The molecule has 0 unspecified atom stereocenters. The zero-order valence-corrected chi connectivity index (χ0v) is 12.6. The number of nitrogens with one attached hydrogen (secondary N) is 1. The number of carbonyl (C=O) groups is 1. The van der Waals surface area contributed by atoms with Crippen LogP contribution in [0.2, 0.25) is 0 Å². The summed E-state index contributed by atoms with van der Waals surface area (Å²) >= 11 is 0. The first-order valence-electron chi connectivity index (χ1n) is 7.45. The summed E-state index contributed by atoms with van der Waals surface area (Å²) < 4.78 is 0. The lowest BCUT2D eigenvalue weighted by Crippen LogP contribution is -2.06. The minimum Gasteiger partial charge on any atom is -0.478 e. The largest absolute Gasteiger partial charge is 0.478 e. The van der Waals surface area contributed by atoms with Crippen LogP contribution in [-0.2, 0) is 6.42 Å². The van der Waals surface area contributed by atoms with Crippen LogP contribution >= 0.6 is 0 Å². The van der Waals surface area contributed by atoms with E-state index in [4.69, 9.17) is 0 Å². The van der Waals surface area contributed by atoms with E-state index in [0.29, 0.717) is 12.1 Å². The van der Waals surface area contributed by atoms with Crippen molar-refractivity contribution in [3.63, 3.8) is 0 Å². The van der Waals surface area contributed by atoms with Gasteiger partial charge in [0.05, 0.1) is 11.3 Å². The fourth-order valence-electron chi connectivity index (χ4n) is 2.55. The fourth-order valence-corrected chi connectivity index (χ4v) is 2.55. The molecule has 0 aliphatic carbocycles. The lowest BCUT2D eigenvalue weighted by molar-refractivity contribution is 0.0698. The first-order valence-corrected chi connectivity index (χ1v) is 7.45. The highest BCUT2D eigenvalue weighted by molar-refractivity contribution is 5.96. The van der Waals surface area contributed by atoms with Crippen LogP contribution < -0.4 is 5.32 Å². The first kappa shape index (κ1) is 14.9. The molecule has 0 atom stereocenters. The van der Waals surface area contributed by atoms with Gasteiger partial charge >= 0.3 is 5.97 Å². The molecule has 0 fully saturated rings. The van der Waals surface area contributed by atoms with Crippen molar-refractivity contribution in [1.29, 1.82) is 0 Å². The van der Waals surface area contributed by atoms with Gasteiger partial charge < -0.3 is 10.4 Å². The normalized spacial score (nSPS) is 10.3. The van der Waals surface area contributed by atoms with Crippen molar-refractivity contribution in [2.75, 3.05) is 5.32 Å². The van der Waals surface area contributed by atoms with Crippen LogP contribution in [0.4, 0.5) is 11.4 Å². The van der Waals surface area contributed by atoms with Crippen molar-refractivity contribution in [2.45, 2.75) is 6.42 Å². The van der Waals surface area contributed by atoms with Gasteiger partial charge in [-0.05, 0) is 35.7 Å². The number of carboxylic acid groups (broad SMARTS) is 1. The quantitative estimate of drug-likeness (QED) is 0.717. The Kier molecular flexibility index (Phi) is 4.39. The second-order valence-corrected chi connectivity index (χ2v) is 5.30. The number of hydrogen-bond acceptors (Lipinski definition) is 2. The van der Waals surface area contributed by atoms with E-state index in [2.05, 4.69) is 5.32 Å². The molecular formula is C20H17NO2. The Hall–Kier alpha value is -3.07. The highest BCUT2D eigenvalue weighted by Gasteiger charge is 2.14. The summed E-state index contributed by atoms with van der Waals surface area (Å²) in [5.74, 6) is -0.932. The molecule has 0 saturated carbocycles. The average Bonchev–Trinajstić information content (AvgIpc) is 2.58. The molecule has 0 aliphatic rings. The molecule has 3 aromatic carbocycles. The summed E-state index contributed by atoms with van der Waals surface area (Å²) in [6.45, 7) is 0. The third kappa shape index (κ3) is 3.58. The molecule has 3 rings (SSSR count). The van der Waals surface area contributed by atoms with E-state index < -0.39 is 5.97 Å². The van der Waals surface area contributed by atoms with E-state index in [1.54, 1.807) is 12.1 Å². The molecule has 114 valence electrons. The molecule has 0 amide bonds. The van der Waals surface area contributed by atoms with Gasteiger partial charge in [-0.2, -0.15) is 0 Å². The zero-order chi connectivity index (χ0) is 16.1. The van der Waals surface area contributed by atoms with Crippen molar-refractivity contribution in [3.8, 4) is 0 Å². The summed E-state index contributed by atoms with van der Waals surface area (Å²) in [4.78, 5) is 11.6. The number of anilines is 2. The van der Waals surface area contributed by atoms with Gasteiger partial charge in [-0.3, -0.25) is 0 Å². The summed E-state index contributed by atoms with van der Waals surface area (Å²) in [5, 5.41) is 12.8. The summed E-state index contributed by atoms with van der Waals surface area (Å²) in [5.41, 5.74) is 3.90. The summed E-state index contributed by atoms with van der Waals surface area (Å²) in [6, 6.07) is 25.0. The van der Waals surface area contributed by atoms with Crippen LogP contribution in [0.3, 0.4) is 0 Å². The summed E-state index contributed by atoms with van der Waals surface area (Å²) in [7, 11) is 0. The van der Waals surface area contributed by atoms with E-state index in [1.807, 2.05) is 66.7 Å². The zero-order valence-electron chi connectivity index (χ0n) is 12.6. The first-order chi connectivity index (χ1) is 11.2. The van der Waals surface area contributed by atoms with Crippen molar-refractivity contribution in [1.82, 2.24) is 0 Å². The van der Waals surface area contributed by atoms with Crippen molar-refractivity contribution in [2.24, 2.45) is 0 Å². The van der Waals surface area contributed by atoms with Crippen LogP contribution in [0.5, 0.6) is 0 Å². The van der Waals surface area contributed by atoms with Gasteiger partial charge in [0, 0.05) is 5.69 Å². The highest BCUT2D eigenvalue weighted by atomic mass is 16.4. The Bertz CT molecular complexity index is 798. The minimum atomic E-state index is -0.932. The van der Waals surface area contributed by atoms with Crippen LogP contribution in [0, 0.1) is 0 Å². The molecule has 3 heteroatoms. The number of aromatic carboxylic acids is 1. The Labute approximate surface area is 135 Å². The van der Waals surface area contributed by atoms with E-state index in [1.165, 1.54) is 0 Å². The van der Waals surface area contributed by atoms with Gasteiger partial charge in [0.25, 0.3) is 0 Å². The second-order valence-electron chi connectivity index (χ2n) is 5.30. The number of benzene rings is 3. The van der Waals surface area contributed by atoms with Gasteiger partial charge in [0.1, 0.15) is 0 Å². The maximum Gasteiger partial charge on any atom is 0.337 e. The third-order valence-electron chi connectivity index (χ3n) is 3.66. The van der Waals surface area contributed by atoms with Crippen molar-refractivity contribution in [3.05, 3.63) is 95.6 Å². The van der Waals surface area contributed by atoms with Crippen LogP contribution in [-0.4, -0.2) is 11.1 Å². The Morgan fingerprint density at radius 1 is 0.826 bits per heavy atom. The number of para-hydroxylation sites is 2. The van der Waals surface area contributed by atoms with Crippen molar-refractivity contribution < 1.29 is 9.90 Å². The molecule has 0 heterocycles. The van der Waals surface area contributed by atoms with Crippen LogP contribution in [0.25, 0.3) is 0 Å². The van der Waals surface area contributed by atoms with Crippen LogP contribution in [0.1, 0.15) is 21.5 Å². The van der Waals surface area contributed by atoms with E-state index >= 15 is 0 Å². The standard InChI is InChI=1S/C20H17NO2/c22-20(23)18-13-7-10-16(14-15-8-3-1-4-9-15)19(18)21-17-11-5-2-6-12-17/h1-13,21H,14H2,(H,22,23). The smallest absolute Gasteiger partial charge is 0.337 e. The Balaban J connectivity index is 2.01. The maximum absolute atomic E-state index is 11.6. The maximum atomic E-state index is 11.6. The van der Waals surface area contributed by atoms with E-state index in [0.717, 1.165) is 16.8 Å². The minimum absolute atomic E-state index is 0.280. The van der Waals surface area contributed by atoms with Gasteiger partial charge in [-0.15, -0.1) is 0 Å². The molecule has 0 radical (unpaired) electrons. The highest BCUT2D eigenvalue weighted by Crippen LogP contribution is 2.27. The lowest BCUT2D eigenvalue weighted by atomic mass is 9.99. The SMILES string of the molecule is O=C(O)c1cccc(Cc2ccccc2)c1Nc1ccccc1. The molecule has 3 nitrogen and oxygen atoms in total. The Morgan fingerprint density at radius 3 is 2.13 bits per heavy atom. The fraction of sp³-hybridized carbons (Fsp3) is 0.0500. The van der Waals surface area contributed by atoms with E-state index in [9.17, 15) is 9.90 Å². The molecule has 0 aromatic heterocycles. The number of rotatable bonds is 5. The lowest BCUT2D eigenvalue weighted by Gasteiger charge is -2.15. The Morgan fingerprint density at radius 2 is 1.48 bits per heavy atom. The molecule has 0 saturated heterocycles. The molecule has 0 spiro atoms. The van der Waals surface area contributed by atoms with Crippen molar-refractivity contribution >= 4 is 17.3 Å². The van der Waals surface area contributed by atoms with Gasteiger partial charge in [0.2, 0.25) is 0 Å². The third-order valence-corrected chi connectivity index (χ3v) is 3.66. The predicted molar refractivity (Wildman–Crippen MR) is 92.4 cm³/mol. The molecular weight excluding hydrogens is 286 g/mol. The van der Waals surface area contributed by atoms with E-state index in [-0.39, 0.29) is 5.56 Å². The number of hydrogen-bond donors (Lipinski definition) is 2. The molecule has 0 aliphatic heterocycles. The van der Waals surface area contributed by atoms with Gasteiger partial charge in [-0.25, -0.2) is 4.79 Å². The second kappa shape index (κ2) is 6.79. The average molecular weight is 303 g/mol. The molecule has 0 bridgehead atoms. The monoisotopic (exact) mass is 303 g/mol. The topological polar surface area (TPSA) is 49.3 Å². The summed E-state index contributed by atoms with van der Waals surface area (Å²) in [6.07, 6.45) is 0.678. The predicted octanol–water partition coefficient (Wildman–Crippen LogP) is 4.72. The molecule has 2 N–H and O–H groups in total. The van der Waals surface area contributed by atoms with Gasteiger partial charge in [0.15, 0.2) is 0 Å². The molecule has 23 heavy (non-hydrogen) atoms. The molecule has 3 aromatic rings. The van der Waals surface area contributed by atoms with Gasteiger partial charge in [-0.1, -0.05) is 60.7 Å². The number of carboxylic acids is 1. The van der Waals surface area contributed by atoms with Crippen LogP contribution in [0.15, 0.2) is 78.9 Å².